The van der Waals surface area contributed by atoms with Crippen LogP contribution in [0.4, 0.5) is 10.1 Å². The molecule has 0 fully saturated rings. The second-order valence-corrected chi connectivity index (χ2v) is 5.55. The van der Waals surface area contributed by atoms with Gasteiger partial charge in [-0.15, -0.1) is 0 Å². The standard InChI is InChI=1S/C15H12BrFN2O/c16-12-7-10(17)6-5-9(12)8-19-13-4-2-1-3-11(13)14(18)15(19)20/h1-7,14H,8,18H2. The summed E-state index contributed by atoms with van der Waals surface area (Å²) >= 11 is 3.32. The summed E-state index contributed by atoms with van der Waals surface area (Å²) in [5.41, 5.74) is 8.42. The molecule has 5 heteroatoms. The molecule has 2 aromatic rings. The van der Waals surface area contributed by atoms with E-state index in [4.69, 9.17) is 5.73 Å². The Morgan fingerprint density at radius 2 is 2.00 bits per heavy atom. The average molecular weight is 335 g/mol. The van der Waals surface area contributed by atoms with E-state index >= 15 is 0 Å². The number of amides is 1. The number of carbonyl (C=O) groups excluding carboxylic acids is 1. The molecule has 1 atom stereocenters. The number of halogens is 2. The summed E-state index contributed by atoms with van der Waals surface area (Å²) in [7, 11) is 0. The van der Waals surface area contributed by atoms with Crippen molar-refractivity contribution in [3.05, 3.63) is 63.9 Å². The predicted molar refractivity (Wildman–Crippen MR) is 78.7 cm³/mol. The van der Waals surface area contributed by atoms with Crippen LogP contribution in [-0.2, 0) is 11.3 Å². The van der Waals surface area contributed by atoms with E-state index < -0.39 is 6.04 Å². The van der Waals surface area contributed by atoms with Crippen LogP contribution in [0.3, 0.4) is 0 Å². The van der Waals surface area contributed by atoms with E-state index in [9.17, 15) is 9.18 Å². The maximum Gasteiger partial charge on any atom is 0.248 e. The maximum absolute atomic E-state index is 13.1. The van der Waals surface area contributed by atoms with Crippen molar-refractivity contribution >= 4 is 27.5 Å². The summed E-state index contributed by atoms with van der Waals surface area (Å²) in [6.45, 7) is 0.365. The quantitative estimate of drug-likeness (QED) is 0.917. The molecule has 1 amide bonds. The number of hydrogen-bond donors (Lipinski definition) is 1. The van der Waals surface area contributed by atoms with Crippen molar-refractivity contribution in [2.45, 2.75) is 12.6 Å². The van der Waals surface area contributed by atoms with Crippen LogP contribution < -0.4 is 10.6 Å². The first-order valence-corrected chi connectivity index (χ1v) is 6.97. The van der Waals surface area contributed by atoms with Crippen LogP contribution in [0.15, 0.2) is 46.9 Å². The first kappa shape index (κ1) is 13.3. The minimum absolute atomic E-state index is 0.137. The molecule has 1 aliphatic heterocycles. The highest BCUT2D eigenvalue weighted by Gasteiger charge is 2.34. The molecule has 3 nitrogen and oxygen atoms in total. The van der Waals surface area contributed by atoms with Crippen LogP contribution in [-0.4, -0.2) is 5.91 Å². The molecule has 102 valence electrons. The molecule has 3 rings (SSSR count). The van der Waals surface area contributed by atoms with Gasteiger partial charge in [0, 0.05) is 15.7 Å². The molecule has 1 aliphatic rings. The number of nitrogens with zero attached hydrogens (tertiary/aromatic N) is 1. The SMILES string of the molecule is NC1C(=O)N(Cc2ccc(F)cc2Br)c2ccccc21. The lowest BCUT2D eigenvalue weighted by Crippen LogP contribution is -2.31. The van der Waals surface area contributed by atoms with E-state index in [2.05, 4.69) is 15.9 Å². The van der Waals surface area contributed by atoms with Crippen LogP contribution in [0.1, 0.15) is 17.2 Å². The number of anilines is 1. The summed E-state index contributed by atoms with van der Waals surface area (Å²) in [6.07, 6.45) is 0. The van der Waals surface area contributed by atoms with Crippen LogP contribution in [0.2, 0.25) is 0 Å². The Kier molecular flexibility index (Phi) is 3.31. The molecule has 2 aromatic carbocycles. The van der Waals surface area contributed by atoms with Crippen LogP contribution in [0.5, 0.6) is 0 Å². The van der Waals surface area contributed by atoms with E-state index in [0.717, 1.165) is 16.8 Å². The van der Waals surface area contributed by atoms with Gasteiger partial charge in [-0.1, -0.05) is 40.2 Å². The fraction of sp³-hybridized carbons (Fsp3) is 0.133. The maximum atomic E-state index is 13.1. The van der Waals surface area contributed by atoms with E-state index in [0.29, 0.717) is 11.0 Å². The number of carbonyl (C=O) groups is 1. The third-order valence-corrected chi connectivity index (χ3v) is 4.18. The molecule has 0 bridgehead atoms. The fourth-order valence-corrected chi connectivity index (χ4v) is 2.88. The van der Waals surface area contributed by atoms with Crippen molar-refractivity contribution in [3.8, 4) is 0 Å². The van der Waals surface area contributed by atoms with Crippen LogP contribution in [0, 0.1) is 5.82 Å². The number of rotatable bonds is 2. The van der Waals surface area contributed by atoms with Gasteiger partial charge in [-0.2, -0.15) is 0 Å². The fourth-order valence-electron chi connectivity index (χ4n) is 2.40. The highest BCUT2D eigenvalue weighted by atomic mass is 79.9. The number of hydrogen-bond acceptors (Lipinski definition) is 2. The van der Waals surface area contributed by atoms with Gasteiger partial charge in [0.1, 0.15) is 11.9 Å². The lowest BCUT2D eigenvalue weighted by Gasteiger charge is -2.18. The minimum atomic E-state index is -0.620. The average Bonchev–Trinajstić information content (AvgIpc) is 2.67. The Bertz CT molecular complexity index is 689. The molecule has 20 heavy (non-hydrogen) atoms. The van der Waals surface area contributed by atoms with Crippen molar-refractivity contribution in [2.24, 2.45) is 5.73 Å². The second-order valence-electron chi connectivity index (χ2n) is 4.70. The third-order valence-electron chi connectivity index (χ3n) is 3.44. The highest BCUT2D eigenvalue weighted by molar-refractivity contribution is 9.10. The van der Waals surface area contributed by atoms with E-state index in [1.165, 1.54) is 12.1 Å². The largest absolute Gasteiger partial charge is 0.316 e. The second kappa shape index (κ2) is 5.00. The molecule has 0 aliphatic carbocycles. The van der Waals surface area contributed by atoms with Gasteiger partial charge >= 0.3 is 0 Å². The van der Waals surface area contributed by atoms with E-state index in [-0.39, 0.29) is 11.7 Å². The molecule has 0 saturated carbocycles. The summed E-state index contributed by atoms with van der Waals surface area (Å²) in [5, 5.41) is 0. The van der Waals surface area contributed by atoms with E-state index in [1.54, 1.807) is 11.0 Å². The Labute approximate surface area is 124 Å². The van der Waals surface area contributed by atoms with Crippen molar-refractivity contribution in [3.63, 3.8) is 0 Å². The lowest BCUT2D eigenvalue weighted by molar-refractivity contribution is -0.119. The molecular formula is C15H12BrFN2O. The van der Waals surface area contributed by atoms with Gasteiger partial charge in [0.15, 0.2) is 0 Å². The van der Waals surface area contributed by atoms with Crippen molar-refractivity contribution in [1.29, 1.82) is 0 Å². The first-order valence-electron chi connectivity index (χ1n) is 6.18. The number of nitrogens with two attached hydrogens (primary N) is 1. The highest BCUT2D eigenvalue weighted by Crippen LogP contribution is 2.36. The van der Waals surface area contributed by atoms with Gasteiger partial charge in [0.05, 0.1) is 6.54 Å². The first-order chi connectivity index (χ1) is 9.58. The normalized spacial score (nSPS) is 17.4. The van der Waals surface area contributed by atoms with Crippen molar-refractivity contribution in [1.82, 2.24) is 0 Å². The Balaban J connectivity index is 1.97. The van der Waals surface area contributed by atoms with E-state index in [1.807, 2.05) is 24.3 Å². The smallest absolute Gasteiger partial charge is 0.248 e. The monoisotopic (exact) mass is 334 g/mol. The molecule has 2 N–H and O–H groups in total. The number of fused-ring (bicyclic) bond motifs is 1. The zero-order valence-corrected chi connectivity index (χ0v) is 12.1. The molecular weight excluding hydrogens is 323 g/mol. The van der Waals surface area contributed by atoms with Gasteiger partial charge in [0.2, 0.25) is 5.91 Å². The summed E-state index contributed by atoms with van der Waals surface area (Å²) in [4.78, 5) is 13.9. The summed E-state index contributed by atoms with van der Waals surface area (Å²) in [6, 6.07) is 11.3. The zero-order chi connectivity index (χ0) is 14.3. The number of benzene rings is 2. The number of para-hydroxylation sites is 1. The topological polar surface area (TPSA) is 46.3 Å². The Morgan fingerprint density at radius 1 is 1.25 bits per heavy atom. The minimum Gasteiger partial charge on any atom is -0.316 e. The Hall–Kier alpha value is -1.72. The molecule has 0 spiro atoms. The van der Waals surface area contributed by atoms with Crippen LogP contribution >= 0.6 is 15.9 Å². The summed E-state index contributed by atoms with van der Waals surface area (Å²) in [5.74, 6) is -0.451. The predicted octanol–water partition coefficient (Wildman–Crippen LogP) is 3.13. The van der Waals surface area contributed by atoms with Gasteiger partial charge < -0.3 is 10.6 Å². The molecule has 1 heterocycles. The van der Waals surface area contributed by atoms with Gasteiger partial charge in [-0.25, -0.2) is 4.39 Å². The lowest BCUT2D eigenvalue weighted by atomic mass is 10.1. The molecule has 1 unspecified atom stereocenters. The van der Waals surface area contributed by atoms with Crippen molar-refractivity contribution in [2.75, 3.05) is 4.90 Å². The van der Waals surface area contributed by atoms with Crippen LogP contribution in [0.25, 0.3) is 0 Å². The molecule has 0 radical (unpaired) electrons. The third kappa shape index (κ3) is 2.13. The van der Waals surface area contributed by atoms with Gasteiger partial charge in [-0.05, 0) is 23.8 Å². The Morgan fingerprint density at radius 3 is 2.75 bits per heavy atom. The van der Waals surface area contributed by atoms with Gasteiger partial charge in [-0.3, -0.25) is 4.79 Å². The van der Waals surface area contributed by atoms with Gasteiger partial charge in [0.25, 0.3) is 0 Å². The molecule has 0 saturated heterocycles. The zero-order valence-electron chi connectivity index (χ0n) is 10.5. The summed E-state index contributed by atoms with van der Waals surface area (Å²) < 4.78 is 13.8. The molecule has 0 aromatic heterocycles. The van der Waals surface area contributed by atoms with Crippen molar-refractivity contribution < 1.29 is 9.18 Å².